The molecule has 6 nitrogen and oxygen atoms in total. The zero-order valence-electron chi connectivity index (χ0n) is 18.9. The van der Waals surface area contributed by atoms with E-state index in [1.54, 1.807) is 37.3 Å². The van der Waals surface area contributed by atoms with E-state index in [-0.39, 0.29) is 25.0 Å². The molecular formula is C27H28N2O4. The Morgan fingerprint density at radius 3 is 2.48 bits per heavy atom. The molecule has 0 aromatic heterocycles. The first kappa shape index (κ1) is 22.6. The van der Waals surface area contributed by atoms with Gasteiger partial charge >= 0.3 is 0 Å². The van der Waals surface area contributed by atoms with Gasteiger partial charge in [-0.1, -0.05) is 66.7 Å². The van der Waals surface area contributed by atoms with Crippen molar-refractivity contribution in [2.24, 2.45) is 0 Å². The summed E-state index contributed by atoms with van der Waals surface area (Å²) in [5.41, 5.74) is 2.43. The van der Waals surface area contributed by atoms with Crippen LogP contribution in [0, 0.1) is 0 Å². The average molecular weight is 445 g/mol. The lowest BCUT2D eigenvalue weighted by Crippen LogP contribution is -2.61. The summed E-state index contributed by atoms with van der Waals surface area (Å²) in [7, 11) is 3.13. The maximum atomic E-state index is 13.3. The van der Waals surface area contributed by atoms with E-state index < -0.39 is 5.60 Å². The number of carbonyl (C=O) groups excluding carboxylic acids is 2. The quantitative estimate of drug-likeness (QED) is 0.631. The number of nitrogens with one attached hydrogen (secondary N) is 1. The summed E-state index contributed by atoms with van der Waals surface area (Å²) >= 11 is 0. The fourth-order valence-electron chi connectivity index (χ4n) is 4.32. The minimum atomic E-state index is -1.18. The van der Waals surface area contributed by atoms with Gasteiger partial charge in [-0.3, -0.25) is 9.59 Å². The van der Waals surface area contributed by atoms with Crippen molar-refractivity contribution < 1.29 is 19.1 Å². The minimum absolute atomic E-state index is 0.152. The Kier molecular flexibility index (Phi) is 6.75. The molecule has 1 saturated heterocycles. The number of carbonyl (C=O) groups is 2. The molecule has 3 aromatic carbocycles. The molecule has 0 aliphatic carbocycles. The Hall–Kier alpha value is -3.64. The van der Waals surface area contributed by atoms with Gasteiger partial charge in [0.1, 0.15) is 5.75 Å². The summed E-state index contributed by atoms with van der Waals surface area (Å²) in [4.78, 5) is 28.1. The summed E-state index contributed by atoms with van der Waals surface area (Å²) in [5, 5.41) is 2.74. The zero-order valence-corrected chi connectivity index (χ0v) is 18.9. The van der Waals surface area contributed by atoms with Crippen molar-refractivity contribution in [2.75, 3.05) is 33.9 Å². The summed E-state index contributed by atoms with van der Waals surface area (Å²) in [6, 6.07) is 25.3. The van der Waals surface area contributed by atoms with Gasteiger partial charge < -0.3 is 19.7 Å². The number of likely N-dealkylation sites (N-methyl/N-ethyl adjacent to an activating group) is 1. The molecule has 170 valence electrons. The van der Waals surface area contributed by atoms with Crippen molar-refractivity contribution in [1.82, 2.24) is 10.2 Å². The molecule has 0 saturated carbocycles. The number of hydrogen-bond donors (Lipinski definition) is 1. The molecule has 1 heterocycles. The average Bonchev–Trinajstić information content (AvgIpc) is 2.88. The highest BCUT2D eigenvalue weighted by Crippen LogP contribution is 2.29. The molecule has 6 heteroatoms. The van der Waals surface area contributed by atoms with Gasteiger partial charge in [0.2, 0.25) is 0 Å². The van der Waals surface area contributed by atoms with Gasteiger partial charge in [0.25, 0.3) is 11.8 Å². The number of amides is 2. The van der Waals surface area contributed by atoms with Crippen LogP contribution < -0.4 is 10.1 Å². The van der Waals surface area contributed by atoms with Gasteiger partial charge in [0, 0.05) is 20.0 Å². The highest BCUT2D eigenvalue weighted by molar-refractivity contribution is 5.97. The summed E-state index contributed by atoms with van der Waals surface area (Å²) in [6.07, 6.45) is 0.350. The van der Waals surface area contributed by atoms with Crippen LogP contribution in [0.4, 0.5) is 0 Å². The molecule has 4 rings (SSSR count). The Morgan fingerprint density at radius 1 is 1.00 bits per heavy atom. The third-order valence-electron chi connectivity index (χ3n) is 5.98. The molecule has 33 heavy (non-hydrogen) atoms. The highest BCUT2D eigenvalue weighted by atomic mass is 16.5. The lowest BCUT2D eigenvalue weighted by molar-refractivity contribution is -0.156. The van der Waals surface area contributed by atoms with Gasteiger partial charge in [-0.2, -0.15) is 0 Å². The van der Waals surface area contributed by atoms with Gasteiger partial charge in [-0.15, -0.1) is 0 Å². The molecule has 0 unspecified atom stereocenters. The molecular weight excluding hydrogens is 416 g/mol. The van der Waals surface area contributed by atoms with E-state index in [1.165, 1.54) is 0 Å². The van der Waals surface area contributed by atoms with E-state index in [9.17, 15) is 9.59 Å². The van der Waals surface area contributed by atoms with E-state index in [4.69, 9.17) is 9.47 Å². The third-order valence-corrected chi connectivity index (χ3v) is 5.98. The SMILES string of the molecule is CNC(=O)[C@]1(Cc2cccc(-c3ccccc3)c2)CN(C(=O)c2ccccc2OC)CCO1. The second-order valence-corrected chi connectivity index (χ2v) is 8.09. The fourth-order valence-corrected chi connectivity index (χ4v) is 4.32. The van der Waals surface area contributed by atoms with Gasteiger partial charge in [0.05, 0.1) is 25.8 Å². The number of para-hydroxylation sites is 1. The number of rotatable bonds is 6. The summed E-state index contributed by atoms with van der Waals surface area (Å²) in [5.74, 6) is 0.0855. The summed E-state index contributed by atoms with van der Waals surface area (Å²) in [6.45, 7) is 0.825. The van der Waals surface area contributed by atoms with Crippen LogP contribution in [0.3, 0.4) is 0 Å². The first-order valence-electron chi connectivity index (χ1n) is 11.0. The van der Waals surface area contributed by atoms with E-state index >= 15 is 0 Å². The number of methoxy groups -OCH3 is 1. The van der Waals surface area contributed by atoms with Crippen LogP contribution in [0.2, 0.25) is 0 Å². The lowest BCUT2D eigenvalue weighted by atomic mass is 9.89. The second kappa shape index (κ2) is 9.88. The maximum Gasteiger partial charge on any atom is 0.257 e. The van der Waals surface area contributed by atoms with Crippen LogP contribution in [0.1, 0.15) is 15.9 Å². The number of morpholine rings is 1. The Balaban J connectivity index is 1.63. The predicted molar refractivity (Wildman–Crippen MR) is 127 cm³/mol. The van der Waals surface area contributed by atoms with Gasteiger partial charge in [-0.05, 0) is 28.8 Å². The molecule has 1 atom stereocenters. The number of nitrogens with zero attached hydrogens (tertiary/aromatic N) is 1. The Labute approximate surface area is 194 Å². The monoisotopic (exact) mass is 444 g/mol. The van der Waals surface area contributed by atoms with E-state index in [1.807, 2.05) is 42.5 Å². The van der Waals surface area contributed by atoms with Crippen LogP contribution in [0.15, 0.2) is 78.9 Å². The lowest BCUT2D eigenvalue weighted by Gasteiger charge is -2.41. The van der Waals surface area contributed by atoms with Gasteiger partial charge in [-0.25, -0.2) is 0 Å². The number of benzene rings is 3. The molecule has 1 aliphatic heterocycles. The molecule has 0 radical (unpaired) electrons. The largest absolute Gasteiger partial charge is 0.496 e. The highest BCUT2D eigenvalue weighted by Gasteiger charge is 2.45. The van der Waals surface area contributed by atoms with Gasteiger partial charge in [0.15, 0.2) is 5.60 Å². The first-order valence-corrected chi connectivity index (χ1v) is 11.0. The maximum absolute atomic E-state index is 13.3. The Morgan fingerprint density at radius 2 is 1.73 bits per heavy atom. The van der Waals surface area contributed by atoms with Crippen LogP contribution in [0.25, 0.3) is 11.1 Å². The normalized spacial score (nSPS) is 17.9. The second-order valence-electron chi connectivity index (χ2n) is 8.09. The number of ether oxygens (including phenoxy) is 2. The molecule has 0 spiro atoms. The zero-order chi connectivity index (χ0) is 23.3. The van der Waals surface area contributed by atoms with Crippen molar-refractivity contribution in [3.63, 3.8) is 0 Å². The molecule has 3 aromatic rings. The molecule has 1 fully saturated rings. The molecule has 0 bridgehead atoms. The molecule has 1 N–H and O–H groups in total. The van der Waals surface area contributed by atoms with Crippen molar-refractivity contribution in [1.29, 1.82) is 0 Å². The Bertz CT molecular complexity index is 1130. The van der Waals surface area contributed by atoms with E-state index in [0.717, 1.165) is 16.7 Å². The van der Waals surface area contributed by atoms with Crippen molar-refractivity contribution in [3.05, 3.63) is 90.0 Å². The fraction of sp³-hybridized carbons (Fsp3) is 0.259. The minimum Gasteiger partial charge on any atom is -0.496 e. The van der Waals surface area contributed by atoms with Crippen molar-refractivity contribution in [2.45, 2.75) is 12.0 Å². The van der Waals surface area contributed by atoms with Crippen LogP contribution >= 0.6 is 0 Å². The van der Waals surface area contributed by atoms with Crippen molar-refractivity contribution >= 4 is 11.8 Å². The van der Waals surface area contributed by atoms with Crippen LogP contribution in [0.5, 0.6) is 5.75 Å². The third kappa shape index (κ3) is 4.76. The topological polar surface area (TPSA) is 67.9 Å². The first-order chi connectivity index (χ1) is 16.1. The number of hydrogen-bond acceptors (Lipinski definition) is 4. The van der Waals surface area contributed by atoms with Crippen LogP contribution in [-0.4, -0.2) is 56.2 Å². The standard InChI is InChI=1S/C27H28N2O4/c1-28-26(31)27(18-20-9-8-12-22(17-20)21-10-4-3-5-11-21)19-29(15-16-33-27)25(30)23-13-6-7-14-24(23)32-2/h3-14,17H,15-16,18-19H2,1-2H3,(H,28,31)/t27-/m0/s1. The van der Waals surface area contributed by atoms with Crippen molar-refractivity contribution in [3.8, 4) is 16.9 Å². The molecule has 2 amide bonds. The molecule has 1 aliphatic rings. The van der Waals surface area contributed by atoms with E-state index in [2.05, 4.69) is 23.5 Å². The van der Waals surface area contributed by atoms with Crippen LogP contribution in [-0.2, 0) is 16.0 Å². The smallest absolute Gasteiger partial charge is 0.257 e. The predicted octanol–water partition coefficient (Wildman–Crippen LogP) is 3.56. The summed E-state index contributed by atoms with van der Waals surface area (Å²) < 4.78 is 11.5. The van der Waals surface area contributed by atoms with E-state index in [0.29, 0.717) is 24.3 Å².